The van der Waals surface area contributed by atoms with Gasteiger partial charge >= 0.3 is 0 Å². The molecule has 3 rings (SSSR count). The molecule has 19 heavy (non-hydrogen) atoms. The van der Waals surface area contributed by atoms with E-state index in [1.807, 2.05) is 6.92 Å². The summed E-state index contributed by atoms with van der Waals surface area (Å²) in [6.07, 6.45) is 2.77. The first-order valence-electron chi connectivity index (χ1n) is 7.02. The van der Waals surface area contributed by atoms with Crippen LogP contribution in [0.3, 0.4) is 0 Å². The van der Waals surface area contributed by atoms with Crippen LogP contribution in [0.2, 0.25) is 5.02 Å². The summed E-state index contributed by atoms with van der Waals surface area (Å²) in [7, 11) is 0. The van der Waals surface area contributed by atoms with Crippen molar-refractivity contribution in [2.45, 2.75) is 38.8 Å². The lowest BCUT2D eigenvalue weighted by atomic mass is 10.0. The lowest BCUT2D eigenvalue weighted by Crippen LogP contribution is -2.56. The molecule has 1 saturated carbocycles. The summed E-state index contributed by atoms with van der Waals surface area (Å²) < 4.78 is 1.15. The van der Waals surface area contributed by atoms with Crippen molar-refractivity contribution in [3.63, 3.8) is 0 Å². The Morgan fingerprint density at radius 3 is 2.79 bits per heavy atom. The quantitative estimate of drug-likeness (QED) is 0.873. The first-order chi connectivity index (χ1) is 9.06. The number of hydrogen-bond acceptors (Lipinski definition) is 2. The van der Waals surface area contributed by atoms with E-state index in [-0.39, 0.29) is 0 Å². The van der Waals surface area contributed by atoms with Crippen molar-refractivity contribution in [2.75, 3.05) is 18.0 Å². The van der Waals surface area contributed by atoms with Gasteiger partial charge in [-0.2, -0.15) is 0 Å². The molecule has 1 N–H and O–H groups in total. The minimum absolute atomic E-state index is 0.505. The van der Waals surface area contributed by atoms with Crippen LogP contribution in [0.1, 0.15) is 25.3 Å². The normalized spacial score (nSPS) is 27.7. The van der Waals surface area contributed by atoms with Gasteiger partial charge in [-0.1, -0.05) is 11.6 Å². The van der Waals surface area contributed by atoms with E-state index < -0.39 is 0 Å². The number of anilines is 1. The first-order valence-corrected chi connectivity index (χ1v) is 8.19. The molecule has 0 amide bonds. The Balaban J connectivity index is 1.88. The largest absolute Gasteiger partial charge is 0.365 e. The average Bonchev–Trinajstić information content (AvgIpc) is 3.19. The van der Waals surface area contributed by atoms with Gasteiger partial charge in [0.2, 0.25) is 0 Å². The van der Waals surface area contributed by atoms with Gasteiger partial charge in [0.1, 0.15) is 0 Å². The second-order valence-electron chi connectivity index (χ2n) is 5.91. The van der Waals surface area contributed by atoms with E-state index in [1.165, 1.54) is 18.5 Å². The molecule has 2 aliphatic rings. The Morgan fingerprint density at radius 2 is 2.11 bits per heavy atom. The molecule has 1 aliphatic heterocycles. The molecule has 1 aromatic carbocycles. The number of benzene rings is 1. The third-order valence-corrected chi connectivity index (χ3v) is 5.37. The zero-order chi connectivity index (χ0) is 13.6. The van der Waals surface area contributed by atoms with Gasteiger partial charge in [-0.3, -0.25) is 0 Å². The zero-order valence-corrected chi connectivity index (χ0v) is 13.8. The van der Waals surface area contributed by atoms with Crippen LogP contribution in [-0.4, -0.2) is 25.2 Å². The van der Waals surface area contributed by atoms with Crippen molar-refractivity contribution in [2.24, 2.45) is 5.92 Å². The molecule has 2 unspecified atom stereocenters. The summed E-state index contributed by atoms with van der Waals surface area (Å²) in [6.45, 7) is 6.46. The summed E-state index contributed by atoms with van der Waals surface area (Å²) in [5.74, 6) is 0.884. The highest BCUT2D eigenvalue weighted by atomic mass is 79.9. The molecular formula is C15H20BrClN2. The summed E-state index contributed by atoms with van der Waals surface area (Å²) in [5.41, 5.74) is 2.36. The number of nitrogens with zero attached hydrogens (tertiary/aromatic N) is 1. The summed E-state index contributed by atoms with van der Waals surface area (Å²) in [6, 6.07) is 5.37. The number of piperazine rings is 1. The molecule has 1 heterocycles. The fraction of sp³-hybridized carbons (Fsp3) is 0.600. The SMILES string of the molecule is Cc1cc(Br)c(N2CC(C3CC3)NCC2C)cc1Cl. The van der Waals surface area contributed by atoms with Crippen molar-refractivity contribution in [3.05, 3.63) is 27.2 Å². The molecule has 4 heteroatoms. The maximum atomic E-state index is 6.30. The van der Waals surface area contributed by atoms with Crippen LogP contribution in [0.5, 0.6) is 0 Å². The summed E-state index contributed by atoms with van der Waals surface area (Å²) in [5, 5.41) is 4.54. The van der Waals surface area contributed by atoms with Gasteiger partial charge in [-0.15, -0.1) is 0 Å². The molecule has 1 aromatic rings. The molecule has 1 saturated heterocycles. The van der Waals surface area contributed by atoms with Crippen molar-refractivity contribution < 1.29 is 0 Å². The van der Waals surface area contributed by atoms with Gasteiger partial charge < -0.3 is 10.2 Å². The molecule has 0 aromatic heterocycles. The maximum absolute atomic E-state index is 6.30. The highest BCUT2D eigenvalue weighted by molar-refractivity contribution is 9.10. The predicted molar refractivity (Wildman–Crippen MR) is 85.2 cm³/mol. The van der Waals surface area contributed by atoms with Crippen LogP contribution < -0.4 is 10.2 Å². The lowest BCUT2D eigenvalue weighted by Gasteiger charge is -2.41. The van der Waals surface area contributed by atoms with Crippen LogP contribution in [0.15, 0.2) is 16.6 Å². The Kier molecular flexibility index (Phi) is 3.80. The number of hydrogen-bond donors (Lipinski definition) is 1. The van der Waals surface area contributed by atoms with Gasteiger partial charge in [0, 0.05) is 34.7 Å². The Labute approximate surface area is 128 Å². The molecule has 2 atom stereocenters. The molecule has 0 radical (unpaired) electrons. The minimum Gasteiger partial charge on any atom is -0.365 e. The number of nitrogens with one attached hydrogen (secondary N) is 1. The zero-order valence-electron chi connectivity index (χ0n) is 11.4. The number of halogens is 2. The molecule has 2 nitrogen and oxygen atoms in total. The van der Waals surface area contributed by atoms with E-state index in [9.17, 15) is 0 Å². The van der Waals surface area contributed by atoms with E-state index in [1.54, 1.807) is 0 Å². The van der Waals surface area contributed by atoms with Crippen LogP contribution in [0.25, 0.3) is 0 Å². The van der Waals surface area contributed by atoms with E-state index in [4.69, 9.17) is 11.6 Å². The van der Waals surface area contributed by atoms with Crippen LogP contribution >= 0.6 is 27.5 Å². The Bertz CT molecular complexity index is 487. The fourth-order valence-corrected chi connectivity index (χ4v) is 3.74. The van der Waals surface area contributed by atoms with Gasteiger partial charge in [0.25, 0.3) is 0 Å². The van der Waals surface area contributed by atoms with Crippen LogP contribution in [0, 0.1) is 12.8 Å². The van der Waals surface area contributed by atoms with Crippen molar-refractivity contribution in [1.29, 1.82) is 0 Å². The smallest absolute Gasteiger partial charge is 0.0529 e. The van der Waals surface area contributed by atoms with Crippen LogP contribution in [0.4, 0.5) is 5.69 Å². The predicted octanol–water partition coefficient (Wildman–Crippen LogP) is 3.99. The third kappa shape index (κ3) is 2.79. The van der Waals surface area contributed by atoms with E-state index in [0.717, 1.165) is 34.1 Å². The van der Waals surface area contributed by atoms with E-state index >= 15 is 0 Å². The highest BCUT2D eigenvalue weighted by Crippen LogP contribution is 2.38. The Morgan fingerprint density at radius 1 is 1.37 bits per heavy atom. The van der Waals surface area contributed by atoms with Gasteiger partial charge in [0.05, 0.1) is 5.69 Å². The van der Waals surface area contributed by atoms with Gasteiger partial charge in [-0.05, 0) is 66.2 Å². The summed E-state index contributed by atoms with van der Waals surface area (Å²) >= 11 is 10.00. The van der Waals surface area contributed by atoms with Crippen molar-refractivity contribution >= 4 is 33.2 Å². The Hall–Kier alpha value is -0.250. The van der Waals surface area contributed by atoms with Crippen molar-refractivity contribution in [3.8, 4) is 0 Å². The van der Waals surface area contributed by atoms with E-state index in [0.29, 0.717) is 12.1 Å². The number of aryl methyl sites for hydroxylation is 1. The van der Waals surface area contributed by atoms with Gasteiger partial charge in [0.15, 0.2) is 0 Å². The summed E-state index contributed by atoms with van der Waals surface area (Å²) in [4.78, 5) is 2.49. The molecule has 104 valence electrons. The third-order valence-electron chi connectivity index (χ3n) is 4.33. The standard InChI is InChI=1S/C15H20BrClN2/c1-9-5-12(16)15(6-13(9)17)19-8-14(11-3-4-11)18-7-10(19)2/h5-6,10-11,14,18H,3-4,7-8H2,1-2H3. The minimum atomic E-state index is 0.505. The average molecular weight is 344 g/mol. The second-order valence-corrected chi connectivity index (χ2v) is 7.17. The van der Waals surface area contributed by atoms with Crippen molar-refractivity contribution in [1.82, 2.24) is 5.32 Å². The van der Waals surface area contributed by atoms with E-state index in [2.05, 4.69) is 45.2 Å². The molecular weight excluding hydrogens is 324 g/mol. The second kappa shape index (κ2) is 5.27. The van der Waals surface area contributed by atoms with Gasteiger partial charge in [-0.25, -0.2) is 0 Å². The molecule has 1 aliphatic carbocycles. The fourth-order valence-electron chi connectivity index (χ4n) is 2.89. The first kappa shape index (κ1) is 13.7. The lowest BCUT2D eigenvalue weighted by molar-refractivity contribution is 0.375. The topological polar surface area (TPSA) is 15.3 Å². The molecule has 0 spiro atoms. The molecule has 0 bridgehead atoms. The maximum Gasteiger partial charge on any atom is 0.0529 e. The molecule has 2 fully saturated rings. The number of rotatable bonds is 2. The highest BCUT2D eigenvalue weighted by Gasteiger charge is 2.36. The monoisotopic (exact) mass is 342 g/mol. The van der Waals surface area contributed by atoms with Crippen LogP contribution in [-0.2, 0) is 0 Å².